The zero-order valence-electron chi connectivity index (χ0n) is 11.3. The minimum absolute atomic E-state index is 0.303. The van der Waals surface area contributed by atoms with Crippen LogP contribution in [0.3, 0.4) is 0 Å². The number of fused-ring (bicyclic) bond motifs is 1. The van der Waals surface area contributed by atoms with E-state index in [-0.39, 0.29) is 6.10 Å². The fourth-order valence-electron chi connectivity index (χ4n) is 3.30. The normalized spacial score (nSPS) is 28.9. The lowest BCUT2D eigenvalue weighted by atomic mass is 10.1. The smallest absolute Gasteiger partial charge is 0.113 e. The largest absolute Gasteiger partial charge is 0.387 e. The van der Waals surface area contributed by atoms with Crippen molar-refractivity contribution in [1.82, 2.24) is 14.5 Å². The fraction of sp³-hybridized carbons (Fsp3) is 0.786. The molecule has 3 heterocycles. The van der Waals surface area contributed by atoms with Crippen LogP contribution < -0.4 is 0 Å². The van der Waals surface area contributed by atoms with Gasteiger partial charge in [0, 0.05) is 25.0 Å². The zero-order chi connectivity index (χ0) is 12.7. The highest BCUT2D eigenvalue weighted by molar-refractivity contribution is 5.15. The van der Waals surface area contributed by atoms with Gasteiger partial charge in [-0.2, -0.15) is 0 Å². The fourth-order valence-corrected chi connectivity index (χ4v) is 3.30. The van der Waals surface area contributed by atoms with Crippen LogP contribution in [0.2, 0.25) is 0 Å². The van der Waals surface area contributed by atoms with Gasteiger partial charge in [0.2, 0.25) is 0 Å². The quantitative estimate of drug-likeness (QED) is 0.870. The average molecular weight is 249 g/mol. The average Bonchev–Trinajstić information content (AvgIpc) is 2.94. The lowest BCUT2D eigenvalue weighted by Gasteiger charge is -2.23. The summed E-state index contributed by atoms with van der Waals surface area (Å²) in [5, 5.41) is 9.99. The first-order valence-corrected chi connectivity index (χ1v) is 7.14. The van der Waals surface area contributed by atoms with Gasteiger partial charge in [-0.05, 0) is 39.7 Å². The van der Waals surface area contributed by atoms with E-state index in [9.17, 15) is 5.11 Å². The Hall–Kier alpha value is -0.870. The maximum absolute atomic E-state index is 9.99. The molecule has 2 aliphatic rings. The van der Waals surface area contributed by atoms with E-state index in [2.05, 4.69) is 28.3 Å². The summed E-state index contributed by atoms with van der Waals surface area (Å²) in [5.74, 6) is 1.75. The third-order valence-electron chi connectivity index (χ3n) is 4.43. The highest BCUT2D eigenvalue weighted by Crippen LogP contribution is 2.32. The minimum atomic E-state index is -0.303. The molecule has 0 spiro atoms. The number of hydrogen-bond acceptors (Lipinski definition) is 3. The monoisotopic (exact) mass is 249 g/mol. The predicted molar refractivity (Wildman–Crippen MR) is 70.5 cm³/mol. The molecule has 1 aromatic heterocycles. The topological polar surface area (TPSA) is 41.3 Å². The summed E-state index contributed by atoms with van der Waals surface area (Å²) in [6, 6.07) is 0.622. The van der Waals surface area contributed by atoms with Crippen LogP contribution in [0, 0.1) is 0 Å². The number of aliphatic hydroxyl groups excluding tert-OH is 1. The number of imidazole rings is 1. The molecule has 100 valence electrons. The first kappa shape index (κ1) is 12.2. The number of aromatic nitrogens is 2. The second kappa shape index (κ2) is 4.67. The molecule has 2 aliphatic heterocycles. The summed E-state index contributed by atoms with van der Waals surface area (Å²) in [6.07, 6.45) is 4.73. The van der Waals surface area contributed by atoms with Gasteiger partial charge in [-0.15, -0.1) is 0 Å². The van der Waals surface area contributed by atoms with E-state index < -0.39 is 0 Å². The number of hydrogen-bond donors (Lipinski definition) is 1. The van der Waals surface area contributed by atoms with Gasteiger partial charge in [-0.3, -0.25) is 0 Å². The van der Waals surface area contributed by atoms with Crippen molar-refractivity contribution in [3.05, 3.63) is 17.7 Å². The number of nitrogens with zero attached hydrogens (tertiary/aromatic N) is 3. The summed E-state index contributed by atoms with van der Waals surface area (Å²) < 4.78 is 2.27. The Kier molecular flexibility index (Phi) is 3.16. The molecule has 0 aliphatic carbocycles. The zero-order valence-corrected chi connectivity index (χ0v) is 11.3. The molecule has 0 saturated carbocycles. The Labute approximate surface area is 109 Å². The van der Waals surface area contributed by atoms with Gasteiger partial charge in [-0.1, -0.05) is 0 Å². The van der Waals surface area contributed by atoms with Gasteiger partial charge in [0.1, 0.15) is 5.82 Å². The molecule has 2 unspecified atom stereocenters. The van der Waals surface area contributed by atoms with Crippen LogP contribution in [-0.4, -0.2) is 38.7 Å². The highest BCUT2D eigenvalue weighted by atomic mass is 16.3. The van der Waals surface area contributed by atoms with Crippen molar-refractivity contribution >= 4 is 0 Å². The standard InChI is InChI=1S/C14H23N3O/c1-10(2)16-7-5-11(9-16)14-15-8-12-13(18)4-3-6-17(12)14/h8,10-11,13,18H,3-7,9H2,1-2H3. The van der Waals surface area contributed by atoms with Gasteiger partial charge in [0.15, 0.2) is 0 Å². The highest BCUT2D eigenvalue weighted by Gasteiger charge is 2.31. The van der Waals surface area contributed by atoms with E-state index in [0.29, 0.717) is 12.0 Å². The van der Waals surface area contributed by atoms with Crippen molar-refractivity contribution in [2.75, 3.05) is 13.1 Å². The second-order valence-corrected chi connectivity index (χ2v) is 5.93. The van der Waals surface area contributed by atoms with Crippen molar-refractivity contribution in [2.24, 2.45) is 0 Å². The van der Waals surface area contributed by atoms with Gasteiger partial charge >= 0.3 is 0 Å². The first-order valence-electron chi connectivity index (χ1n) is 7.14. The summed E-state index contributed by atoms with van der Waals surface area (Å²) in [4.78, 5) is 7.12. The lowest BCUT2D eigenvalue weighted by molar-refractivity contribution is 0.138. The van der Waals surface area contributed by atoms with E-state index in [1.54, 1.807) is 0 Å². The Morgan fingerprint density at radius 1 is 1.33 bits per heavy atom. The molecule has 0 amide bonds. The van der Waals surface area contributed by atoms with E-state index in [0.717, 1.165) is 31.6 Å². The molecule has 2 atom stereocenters. The van der Waals surface area contributed by atoms with E-state index in [4.69, 9.17) is 0 Å². The van der Waals surface area contributed by atoms with E-state index in [1.165, 1.54) is 18.8 Å². The molecular formula is C14H23N3O. The number of likely N-dealkylation sites (tertiary alicyclic amines) is 1. The molecule has 1 N–H and O–H groups in total. The van der Waals surface area contributed by atoms with E-state index in [1.807, 2.05) is 6.20 Å². The third-order valence-corrected chi connectivity index (χ3v) is 4.43. The van der Waals surface area contributed by atoms with E-state index >= 15 is 0 Å². The number of rotatable bonds is 2. The maximum Gasteiger partial charge on any atom is 0.113 e. The number of aliphatic hydroxyl groups is 1. The van der Waals surface area contributed by atoms with Gasteiger partial charge in [0.25, 0.3) is 0 Å². The Morgan fingerprint density at radius 3 is 2.89 bits per heavy atom. The Bertz CT molecular complexity index is 427. The molecule has 1 aromatic rings. The first-order chi connectivity index (χ1) is 8.66. The van der Waals surface area contributed by atoms with Crippen LogP contribution in [0.5, 0.6) is 0 Å². The van der Waals surface area contributed by atoms with Crippen LogP contribution in [-0.2, 0) is 6.54 Å². The second-order valence-electron chi connectivity index (χ2n) is 5.93. The van der Waals surface area contributed by atoms with Gasteiger partial charge in [0.05, 0.1) is 18.0 Å². The molecule has 4 heteroatoms. The molecule has 1 saturated heterocycles. The van der Waals surface area contributed by atoms with Crippen LogP contribution in [0.25, 0.3) is 0 Å². The predicted octanol–water partition coefficient (Wildman–Crippen LogP) is 1.91. The minimum Gasteiger partial charge on any atom is -0.387 e. The van der Waals surface area contributed by atoms with Gasteiger partial charge in [-0.25, -0.2) is 4.98 Å². The maximum atomic E-state index is 9.99. The van der Waals surface area contributed by atoms with Crippen molar-refractivity contribution in [3.63, 3.8) is 0 Å². The SMILES string of the molecule is CC(C)N1CCC(c2ncc3n2CCCC3O)C1. The van der Waals surface area contributed by atoms with Crippen LogP contribution in [0.4, 0.5) is 0 Å². The molecule has 0 aromatic carbocycles. The lowest BCUT2D eigenvalue weighted by Crippen LogP contribution is -2.28. The summed E-state index contributed by atoms with van der Waals surface area (Å²) >= 11 is 0. The summed E-state index contributed by atoms with van der Waals surface area (Å²) in [7, 11) is 0. The molecule has 18 heavy (non-hydrogen) atoms. The molecule has 4 nitrogen and oxygen atoms in total. The molecule has 3 rings (SSSR count). The summed E-state index contributed by atoms with van der Waals surface area (Å²) in [5.41, 5.74) is 1.03. The van der Waals surface area contributed by atoms with Crippen molar-refractivity contribution < 1.29 is 5.11 Å². The van der Waals surface area contributed by atoms with Crippen LogP contribution in [0.1, 0.15) is 56.7 Å². The molecule has 0 bridgehead atoms. The molecule has 0 radical (unpaired) electrons. The Balaban J connectivity index is 1.82. The Morgan fingerprint density at radius 2 is 2.17 bits per heavy atom. The van der Waals surface area contributed by atoms with Crippen LogP contribution in [0.15, 0.2) is 6.20 Å². The third kappa shape index (κ3) is 1.97. The van der Waals surface area contributed by atoms with Crippen molar-refractivity contribution in [2.45, 2.75) is 57.7 Å². The van der Waals surface area contributed by atoms with Gasteiger partial charge < -0.3 is 14.6 Å². The van der Waals surface area contributed by atoms with Crippen LogP contribution >= 0.6 is 0 Å². The van der Waals surface area contributed by atoms with Crippen molar-refractivity contribution in [3.8, 4) is 0 Å². The molecular weight excluding hydrogens is 226 g/mol. The van der Waals surface area contributed by atoms with Crippen molar-refractivity contribution in [1.29, 1.82) is 0 Å². The summed E-state index contributed by atoms with van der Waals surface area (Å²) in [6.45, 7) is 7.83. The molecule has 1 fully saturated rings.